The second-order valence-electron chi connectivity index (χ2n) is 3.30. The van der Waals surface area contributed by atoms with Crippen LogP contribution in [0.15, 0.2) is 24.3 Å². The summed E-state index contributed by atoms with van der Waals surface area (Å²) in [6.45, 7) is 0.572. The van der Waals surface area contributed by atoms with Gasteiger partial charge in [0.15, 0.2) is 6.10 Å². The van der Waals surface area contributed by atoms with E-state index >= 15 is 0 Å². The van der Waals surface area contributed by atoms with Gasteiger partial charge in [-0.3, -0.25) is 0 Å². The number of benzene rings is 1. The molecule has 0 aliphatic heterocycles. The first kappa shape index (κ1) is 11.7. The van der Waals surface area contributed by atoms with Gasteiger partial charge in [0.25, 0.3) is 0 Å². The summed E-state index contributed by atoms with van der Waals surface area (Å²) in [6.07, 6.45) is -1.76. The van der Waals surface area contributed by atoms with Crippen molar-refractivity contribution in [1.82, 2.24) is 0 Å². The van der Waals surface area contributed by atoms with Gasteiger partial charge in [-0.05, 0) is 24.1 Å². The van der Waals surface area contributed by atoms with E-state index in [1.807, 2.05) is 12.1 Å². The summed E-state index contributed by atoms with van der Waals surface area (Å²) in [7, 11) is 0. The van der Waals surface area contributed by atoms with Gasteiger partial charge in [0, 0.05) is 0 Å². The molecule has 1 aromatic rings. The number of hydrogen-bond acceptors (Lipinski definition) is 4. The van der Waals surface area contributed by atoms with Gasteiger partial charge >= 0.3 is 0 Å². The van der Waals surface area contributed by atoms with Crippen LogP contribution in [0.5, 0.6) is 0 Å². The minimum Gasteiger partial charge on any atom is -0.385 e. The highest BCUT2D eigenvalue weighted by molar-refractivity contribution is 5.25. The van der Waals surface area contributed by atoms with E-state index in [4.69, 9.17) is 16.1 Å². The number of rotatable bonds is 4. The van der Waals surface area contributed by atoms with Crippen LogP contribution in [0.25, 0.3) is 0 Å². The summed E-state index contributed by atoms with van der Waals surface area (Å²) in [5, 5.41) is 27.1. The molecule has 2 unspecified atom stereocenters. The summed E-state index contributed by atoms with van der Waals surface area (Å²) in [4.78, 5) is 0. The molecular formula is C11H14N2O2. The standard InChI is InChI=1S/C11H14N2O2/c12-6-5-8-1-3-9(4-2-8)11(15)10(14)7-13/h1-4,10-11,14-15H,5-6,12H2. The summed E-state index contributed by atoms with van der Waals surface area (Å²) >= 11 is 0. The van der Waals surface area contributed by atoms with Crippen LogP contribution in [-0.2, 0) is 6.42 Å². The first-order valence-corrected chi connectivity index (χ1v) is 4.73. The van der Waals surface area contributed by atoms with Crippen LogP contribution in [-0.4, -0.2) is 22.9 Å². The van der Waals surface area contributed by atoms with Crippen LogP contribution in [0.1, 0.15) is 17.2 Å². The minimum absolute atomic E-state index is 0.532. The molecule has 15 heavy (non-hydrogen) atoms. The molecule has 0 saturated heterocycles. The smallest absolute Gasteiger partial charge is 0.170 e. The Hall–Kier alpha value is -1.41. The summed E-state index contributed by atoms with van der Waals surface area (Å²) < 4.78 is 0. The number of nitriles is 1. The second-order valence-corrected chi connectivity index (χ2v) is 3.30. The van der Waals surface area contributed by atoms with Crippen molar-refractivity contribution in [2.24, 2.45) is 5.73 Å². The molecule has 0 aliphatic carbocycles. The highest BCUT2D eigenvalue weighted by Gasteiger charge is 2.16. The molecule has 0 aliphatic rings. The Kier molecular flexibility index (Phi) is 4.25. The SMILES string of the molecule is N#CC(O)C(O)c1ccc(CCN)cc1. The maximum absolute atomic E-state index is 9.51. The van der Waals surface area contributed by atoms with E-state index in [2.05, 4.69) is 0 Å². The van der Waals surface area contributed by atoms with E-state index in [1.54, 1.807) is 18.2 Å². The summed E-state index contributed by atoms with van der Waals surface area (Å²) in [5.41, 5.74) is 7.00. The van der Waals surface area contributed by atoms with E-state index in [1.165, 1.54) is 0 Å². The van der Waals surface area contributed by atoms with Gasteiger partial charge in [0.05, 0.1) is 6.07 Å². The van der Waals surface area contributed by atoms with Crippen LogP contribution in [0.4, 0.5) is 0 Å². The number of nitrogens with two attached hydrogens (primary N) is 1. The predicted octanol–water partition coefficient (Wildman–Crippen LogP) is 0.106. The maximum Gasteiger partial charge on any atom is 0.170 e. The Morgan fingerprint density at radius 3 is 2.33 bits per heavy atom. The van der Waals surface area contributed by atoms with Gasteiger partial charge in [-0.15, -0.1) is 0 Å². The lowest BCUT2D eigenvalue weighted by Gasteiger charge is -2.12. The third-order valence-electron chi connectivity index (χ3n) is 2.19. The lowest BCUT2D eigenvalue weighted by atomic mass is 10.0. The Labute approximate surface area is 88.6 Å². The fourth-order valence-electron chi connectivity index (χ4n) is 1.30. The maximum atomic E-state index is 9.51. The van der Waals surface area contributed by atoms with Gasteiger partial charge < -0.3 is 15.9 Å². The zero-order chi connectivity index (χ0) is 11.3. The zero-order valence-electron chi connectivity index (χ0n) is 8.30. The lowest BCUT2D eigenvalue weighted by molar-refractivity contribution is 0.0528. The summed E-state index contributed by atoms with van der Waals surface area (Å²) in [5.74, 6) is 0. The molecule has 0 fully saturated rings. The molecule has 0 heterocycles. The van der Waals surface area contributed by atoms with Gasteiger partial charge in [0.2, 0.25) is 0 Å². The summed E-state index contributed by atoms with van der Waals surface area (Å²) in [6, 6.07) is 8.63. The van der Waals surface area contributed by atoms with Crippen molar-refractivity contribution in [3.63, 3.8) is 0 Å². The minimum atomic E-state index is -1.38. The molecule has 1 aromatic carbocycles. The highest BCUT2D eigenvalue weighted by Crippen LogP contribution is 2.17. The van der Waals surface area contributed by atoms with Crippen molar-refractivity contribution in [1.29, 1.82) is 5.26 Å². The molecule has 0 aromatic heterocycles. The van der Waals surface area contributed by atoms with Crippen LogP contribution >= 0.6 is 0 Å². The largest absolute Gasteiger partial charge is 0.385 e. The number of aliphatic hydroxyl groups excluding tert-OH is 2. The average molecular weight is 206 g/mol. The number of nitrogens with zero attached hydrogens (tertiary/aromatic N) is 1. The zero-order valence-corrected chi connectivity index (χ0v) is 8.30. The van der Waals surface area contributed by atoms with Crippen molar-refractivity contribution in [3.8, 4) is 6.07 Å². The van der Waals surface area contributed by atoms with Crippen LogP contribution in [0.3, 0.4) is 0 Å². The first-order chi connectivity index (χ1) is 7.19. The molecule has 0 bridgehead atoms. The highest BCUT2D eigenvalue weighted by atomic mass is 16.3. The molecule has 0 radical (unpaired) electrons. The van der Waals surface area contributed by atoms with Crippen molar-refractivity contribution in [2.45, 2.75) is 18.6 Å². The monoisotopic (exact) mass is 206 g/mol. The van der Waals surface area contributed by atoms with E-state index in [0.717, 1.165) is 12.0 Å². The molecule has 0 spiro atoms. The molecule has 0 amide bonds. The Balaban J connectivity index is 2.76. The van der Waals surface area contributed by atoms with Crippen LogP contribution in [0.2, 0.25) is 0 Å². The van der Waals surface area contributed by atoms with E-state index in [0.29, 0.717) is 12.1 Å². The normalized spacial score (nSPS) is 14.3. The fraction of sp³-hybridized carbons (Fsp3) is 0.364. The molecule has 4 nitrogen and oxygen atoms in total. The Morgan fingerprint density at radius 1 is 1.27 bits per heavy atom. The molecule has 4 heteroatoms. The number of hydrogen-bond donors (Lipinski definition) is 3. The molecule has 4 N–H and O–H groups in total. The molecule has 2 atom stereocenters. The van der Waals surface area contributed by atoms with E-state index in [9.17, 15) is 5.11 Å². The van der Waals surface area contributed by atoms with Crippen LogP contribution < -0.4 is 5.73 Å². The molecule has 0 saturated carbocycles. The number of aliphatic hydroxyl groups is 2. The lowest BCUT2D eigenvalue weighted by Crippen LogP contribution is -2.15. The van der Waals surface area contributed by atoms with E-state index < -0.39 is 12.2 Å². The Bertz CT molecular complexity index is 343. The van der Waals surface area contributed by atoms with Crippen molar-refractivity contribution >= 4 is 0 Å². The predicted molar refractivity (Wildman–Crippen MR) is 55.8 cm³/mol. The third kappa shape index (κ3) is 3.03. The van der Waals surface area contributed by atoms with E-state index in [-0.39, 0.29) is 0 Å². The van der Waals surface area contributed by atoms with Gasteiger partial charge in [0.1, 0.15) is 6.10 Å². The molecule has 1 rings (SSSR count). The third-order valence-corrected chi connectivity index (χ3v) is 2.19. The topological polar surface area (TPSA) is 90.3 Å². The van der Waals surface area contributed by atoms with Gasteiger partial charge in [-0.2, -0.15) is 5.26 Å². The second kappa shape index (κ2) is 5.47. The van der Waals surface area contributed by atoms with Crippen molar-refractivity contribution in [2.75, 3.05) is 6.54 Å². The molecular weight excluding hydrogens is 192 g/mol. The fourth-order valence-corrected chi connectivity index (χ4v) is 1.30. The van der Waals surface area contributed by atoms with Gasteiger partial charge in [-0.1, -0.05) is 24.3 Å². The van der Waals surface area contributed by atoms with Gasteiger partial charge in [-0.25, -0.2) is 0 Å². The first-order valence-electron chi connectivity index (χ1n) is 4.73. The quantitative estimate of drug-likeness (QED) is 0.610. The van der Waals surface area contributed by atoms with Crippen molar-refractivity contribution < 1.29 is 10.2 Å². The van der Waals surface area contributed by atoms with Crippen LogP contribution in [0, 0.1) is 11.3 Å². The Morgan fingerprint density at radius 2 is 1.87 bits per heavy atom. The average Bonchev–Trinajstić information content (AvgIpc) is 2.28. The van der Waals surface area contributed by atoms with Crippen molar-refractivity contribution in [3.05, 3.63) is 35.4 Å². The molecule has 80 valence electrons.